The van der Waals surface area contributed by atoms with Crippen LogP contribution in [0.25, 0.3) is 0 Å². The highest BCUT2D eigenvalue weighted by molar-refractivity contribution is 7.89. The highest BCUT2D eigenvalue weighted by Crippen LogP contribution is 2.21. The van der Waals surface area contributed by atoms with Crippen molar-refractivity contribution in [2.24, 2.45) is 5.14 Å². The van der Waals surface area contributed by atoms with Crippen LogP contribution in [0.2, 0.25) is 0 Å². The minimum absolute atomic E-state index is 0.0294. The quantitative estimate of drug-likeness (QED) is 0.800. The third-order valence-electron chi connectivity index (χ3n) is 2.97. The second-order valence-electron chi connectivity index (χ2n) is 4.38. The van der Waals surface area contributed by atoms with Crippen molar-refractivity contribution >= 4 is 16.1 Å². The number of rotatable bonds is 5. The first-order valence-corrected chi connectivity index (χ1v) is 7.56. The summed E-state index contributed by atoms with van der Waals surface area (Å²) in [5, 5.41) is 7.75. The van der Waals surface area contributed by atoms with Gasteiger partial charge in [-0.1, -0.05) is 18.2 Å². The van der Waals surface area contributed by atoms with Crippen molar-refractivity contribution in [1.82, 2.24) is 10.2 Å². The SMILES string of the molecule is C=CCNC(=O)N(C)C(C)c1cccc(S(N)(=O)=O)c1. The van der Waals surface area contributed by atoms with Gasteiger partial charge in [-0.25, -0.2) is 18.4 Å². The Bertz CT molecular complexity index is 599. The van der Waals surface area contributed by atoms with Gasteiger partial charge in [0.25, 0.3) is 0 Å². The molecule has 0 radical (unpaired) electrons. The number of carbonyl (C=O) groups is 1. The molecular weight excluding hydrogens is 278 g/mol. The summed E-state index contributed by atoms with van der Waals surface area (Å²) in [5.41, 5.74) is 0.688. The summed E-state index contributed by atoms with van der Waals surface area (Å²) in [4.78, 5) is 13.3. The zero-order valence-electron chi connectivity index (χ0n) is 11.5. The Balaban J connectivity index is 2.94. The zero-order valence-corrected chi connectivity index (χ0v) is 12.4. The van der Waals surface area contributed by atoms with Crippen LogP contribution >= 0.6 is 0 Å². The fraction of sp³-hybridized carbons (Fsp3) is 0.308. The summed E-state index contributed by atoms with van der Waals surface area (Å²) in [7, 11) is -2.12. The summed E-state index contributed by atoms with van der Waals surface area (Å²) in [6.45, 7) is 5.69. The molecule has 0 aliphatic carbocycles. The molecule has 0 saturated carbocycles. The van der Waals surface area contributed by atoms with Crippen molar-refractivity contribution in [2.45, 2.75) is 17.9 Å². The fourth-order valence-corrected chi connectivity index (χ4v) is 2.20. The number of sulfonamides is 1. The lowest BCUT2D eigenvalue weighted by molar-refractivity contribution is 0.195. The monoisotopic (exact) mass is 297 g/mol. The number of hydrogen-bond donors (Lipinski definition) is 2. The van der Waals surface area contributed by atoms with Crippen LogP contribution in [0.5, 0.6) is 0 Å². The van der Waals surface area contributed by atoms with E-state index in [1.165, 1.54) is 17.0 Å². The predicted octanol–water partition coefficient (Wildman–Crippen LogP) is 1.22. The molecule has 0 aliphatic heterocycles. The van der Waals surface area contributed by atoms with E-state index >= 15 is 0 Å². The van der Waals surface area contributed by atoms with Gasteiger partial charge in [-0.3, -0.25) is 0 Å². The largest absolute Gasteiger partial charge is 0.335 e. The molecule has 6 nitrogen and oxygen atoms in total. The van der Waals surface area contributed by atoms with E-state index in [9.17, 15) is 13.2 Å². The Morgan fingerprint density at radius 1 is 1.55 bits per heavy atom. The van der Waals surface area contributed by atoms with Crippen molar-refractivity contribution in [3.05, 3.63) is 42.5 Å². The lowest BCUT2D eigenvalue weighted by Crippen LogP contribution is -2.38. The molecule has 1 unspecified atom stereocenters. The lowest BCUT2D eigenvalue weighted by atomic mass is 10.1. The number of nitrogens with one attached hydrogen (secondary N) is 1. The molecule has 110 valence electrons. The second-order valence-corrected chi connectivity index (χ2v) is 5.94. The molecule has 1 atom stereocenters. The van der Waals surface area contributed by atoms with E-state index in [2.05, 4.69) is 11.9 Å². The molecule has 1 aromatic carbocycles. The first-order chi connectivity index (χ1) is 9.27. The van der Waals surface area contributed by atoms with E-state index in [0.717, 1.165) is 0 Å². The maximum absolute atomic E-state index is 11.8. The molecule has 2 amide bonds. The van der Waals surface area contributed by atoms with E-state index in [0.29, 0.717) is 12.1 Å². The lowest BCUT2D eigenvalue weighted by Gasteiger charge is -2.25. The maximum Gasteiger partial charge on any atom is 0.317 e. The molecule has 0 saturated heterocycles. The smallest absolute Gasteiger partial charge is 0.317 e. The van der Waals surface area contributed by atoms with Crippen molar-refractivity contribution < 1.29 is 13.2 Å². The molecule has 1 aromatic rings. The molecule has 3 N–H and O–H groups in total. The van der Waals surface area contributed by atoms with Gasteiger partial charge in [-0.05, 0) is 24.6 Å². The third-order valence-corrected chi connectivity index (χ3v) is 3.88. The van der Waals surface area contributed by atoms with Crippen molar-refractivity contribution in [3.63, 3.8) is 0 Å². The van der Waals surface area contributed by atoms with Gasteiger partial charge < -0.3 is 10.2 Å². The number of urea groups is 1. The molecule has 0 aliphatic rings. The van der Waals surface area contributed by atoms with Crippen molar-refractivity contribution in [3.8, 4) is 0 Å². The van der Waals surface area contributed by atoms with E-state index in [1.807, 2.05) is 0 Å². The van der Waals surface area contributed by atoms with Crippen molar-refractivity contribution in [1.29, 1.82) is 0 Å². The number of nitrogens with zero attached hydrogens (tertiary/aromatic N) is 1. The Morgan fingerprint density at radius 3 is 2.75 bits per heavy atom. The minimum Gasteiger partial charge on any atom is -0.335 e. The summed E-state index contributed by atoms with van der Waals surface area (Å²) in [6.07, 6.45) is 1.58. The average Bonchev–Trinajstić information content (AvgIpc) is 2.42. The van der Waals surface area contributed by atoms with Gasteiger partial charge in [0.2, 0.25) is 10.0 Å². The Kier molecular flexibility index (Phi) is 5.29. The van der Waals surface area contributed by atoms with Gasteiger partial charge >= 0.3 is 6.03 Å². The topological polar surface area (TPSA) is 92.5 Å². The van der Waals surface area contributed by atoms with Gasteiger partial charge in [-0.2, -0.15) is 0 Å². The predicted molar refractivity (Wildman–Crippen MR) is 77.6 cm³/mol. The second kappa shape index (κ2) is 6.53. The molecule has 0 fully saturated rings. The summed E-state index contributed by atoms with van der Waals surface area (Å²) >= 11 is 0. The molecule has 20 heavy (non-hydrogen) atoms. The number of benzene rings is 1. The highest BCUT2D eigenvalue weighted by atomic mass is 32.2. The number of amides is 2. The van der Waals surface area contributed by atoms with Crippen LogP contribution < -0.4 is 10.5 Å². The number of hydrogen-bond acceptors (Lipinski definition) is 3. The Hall–Kier alpha value is -1.86. The van der Waals surface area contributed by atoms with Crippen LogP contribution in [-0.4, -0.2) is 32.9 Å². The van der Waals surface area contributed by atoms with Crippen molar-refractivity contribution in [2.75, 3.05) is 13.6 Å². The van der Waals surface area contributed by atoms with Crippen LogP contribution in [0.4, 0.5) is 4.79 Å². The van der Waals surface area contributed by atoms with Crippen LogP contribution in [0.15, 0.2) is 41.8 Å². The van der Waals surface area contributed by atoms with E-state index < -0.39 is 10.0 Å². The van der Waals surface area contributed by atoms with E-state index in [1.54, 1.807) is 32.2 Å². The van der Waals surface area contributed by atoms with Crippen LogP contribution in [0.3, 0.4) is 0 Å². The Morgan fingerprint density at radius 2 is 2.20 bits per heavy atom. The molecule has 0 spiro atoms. The molecule has 0 bridgehead atoms. The summed E-state index contributed by atoms with van der Waals surface area (Å²) in [6, 6.07) is 5.68. The van der Waals surface area contributed by atoms with Gasteiger partial charge in [0.15, 0.2) is 0 Å². The van der Waals surface area contributed by atoms with Gasteiger partial charge in [0.05, 0.1) is 10.9 Å². The molecule has 0 heterocycles. The fourth-order valence-electron chi connectivity index (χ4n) is 1.64. The van der Waals surface area contributed by atoms with Gasteiger partial charge in [0, 0.05) is 13.6 Å². The number of nitrogens with two attached hydrogens (primary N) is 1. The molecule has 7 heteroatoms. The minimum atomic E-state index is -3.75. The third kappa shape index (κ3) is 4.07. The first kappa shape index (κ1) is 16.2. The summed E-state index contributed by atoms with van der Waals surface area (Å²) < 4.78 is 22.7. The van der Waals surface area contributed by atoms with Crippen LogP contribution in [0.1, 0.15) is 18.5 Å². The van der Waals surface area contributed by atoms with Gasteiger partial charge in [0.1, 0.15) is 0 Å². The highest BCUT2D eigenvalue weighted by Gasteiger charge is 2.18. The first-order valence-electron chi connectivity index (χ1n) is 6.01. The Labute approximate surface area is 119 Å². The van der Waals surface area contributed by atoms with E-state index in [4.69, 9.17) is 5.14 Å². The number of carbonyl (C=O) groups excluding carboxylic acids is 1. The maximum atomic E-state index is 11.8. The standard InChI is InChI=1S/C13H19N3O3S/c1-4-8-15-13(17)16(3)10(2)11-6-5-7-12(9-11)20(14,18)19/h4-7,9-10H,1,8H2,2-3H3,(H,15,17)(H2,14,18,19). The zero-order chi connectivity index (χ0) is 15.3. The normalized spacial score (nSPS) is 12.6. The van der Waals surface area contributed by atoms with Crippen LogP contribution in [0, 0.1) is 0 Å². The van der Waals surface area contributed by atoms with Gasteiger partial charge in [-0.15, -0.1) is 6.58 Å². The van der Waals surface area contributed by atoms with Crippen LogP contribution in [-0.2, 0) is 10.0 Å². The van der Waals surface area contributed by atoms with E-state index in [-0.39, 0.29) is 17.0 Å². The molecular formula is C13H19N3O3S. The number of primary sulfonamides is 1. The average molecular weight is 297 g/mol. The summed E-state index contributed by atoms with van der Waals surface area (Å²) in [5.74, 6) is 0. The molecule has 0 aromatic heterocycles. The molecule has 1 rings (SSSR count).